The zero-order chi connectivity index (χ0) is 16.9. The van der Waals surface area contributed by atoms with Crippen LogP contribution in [-0.4, -0.2) is 42.3 Å². The van der Waals surface area contributed by atoms with Crippen LogP contribution < -0.4 is 10.4 Å². The lowest BCUT2D eigenvalue weighted by Gasteiger charge is -2.32. The van der Waals surface area contributed by atoms with Gasteiger partial charge in [0.05, 0.1) is 11.2 Å². The van der Waals surface area contributed by atoms with Crippen LogP contribution in [0, 0.1) is 0 Å². The Morgan fingerprint density at radius 3 is 2.09 bits per heavy atom. The molecule has 3 rings (SSSR count). The molecule has 0 aromatic carbocycles. The van der Waals surface area contributed by atoms with E-state index in [4.69, 9.17) is 9.31 Å². The van der Waals surface area contributed by atoms with Gasteiger partial charge in [-0.2, -0.15) is 0 Å². The highest BCUT2D eigenvalue weighted by atomic mass is 19.3. The van der Waals surface area contributed by atoms with Gasteiger partial charge in [-0.05, 0) is 33.8 Å². The Morgan fingerprint density at radius 2 is 1.61 bits per heavy atom. The highest BCUT2D eigenvalue weighted by Gasteiger charge is 2.51. The molecule has 0 unspecified atom stereocenters. The summed E-state index contributed by atoms with van der Waals surface area (Å²) in [6.07, 6.45) is 1.48. The first-order chi connectivity index (χ1) is 10.6. The first kappa shape index (κ1) is 16.6. The summed E-state index contributed by atoms with van der Waals surface area (Å²) in [6, 6.07) is 3.75. The molecule has 3 heterocycles. The van der Waals surface area contributed by atoms with Crippen molar-refractivity contribution in [1.82, 2.24) is 4.98 Å². The van der Waals surface area contributed by atoms with Crippen LogP contribution in [-0.2, 0) is 9.31 Å². The lowest BCUT2D eigenvalue weighted by atomic mass is 9.80. The summed E-state index contributed by atoms with van der Waals surface area (Å²) in [6.45, 7) is 8.67. The van der Waals surface area contributed by atoms with Crippen LogP contribution in [0.5, 0.6) is 0 Å². The Morgan fingerprint density at radius 1 is 1.04 bits per heavy atom. The van der Waals surface area contributed by atoms with E-state index >= 15 is 0 Å². The second kappa shape index (κ2) is 5.41. The molecule has 0 N–H and O–H groups in total. The van der Waals surface area contributed by atoms with Gasteiger partial charge in [0.2, 0.25) is 0 Å². The van der Waals surface area contributed by atoms with Crippen molar-refractivity contribution in [3.63, 3.8) is 0 Å². The van der Waals surface area contributed by atoms with Crippen molar-refractivity contribution in [2.75, 3.05) is 18.0 Å². The van der Waals surface area contributed by atoms with Gasteiger partial charge in [0.1, 0.15) is 5.82 Å². The third-order valence-corrected chi connectivity index (χ3v) is 5.12. The maximum atomic E-state index is 13.2. The van der Waals surface area contributed by atoms with Gasteiger partial charge in [-0.25, -0.2) is 13.8 Å². The average Bonchev–Trinajstić information content (AvgIpc) is 2.68. The van der Waals surface area contributed by atoms with Crippen LogP contribution >= 0.6 is 0 Å². The molecule has 0 atom stereocenters. The van der Waals surface area contributed by atoms with Gasteiger partial charge in [-0.1, -0.05) is 6.07 Å². The molecule has 1 aromatic heterocycles. The second-order valence-electron chi connectivity index (χ2n) is 7.38. The minimum atomic E-state index is -2.54. The van der Waals surface area contributed by atoms with Crippen LogP contribution in [0.1, 0.15) is 40.5 Å². The number of halogens is 2. The van der Waals surface area contributed by atoms with E-state index < -0.39 is 24.2 Å². The number of hydrogen-bond acceptors (Lipinski definition) is 4. The molecule has 2 saturated heterocycles. The number of piperidine rings is 1. The molecule has 23 heavy (non-hydrogen) atoms. The average molecular weight is 324 g/mol. The Hall–Kier alpha value is -1.21. The van der Waals surface area contributed by atoms with E-state index in [1.807, 2.05) is 44.7 Å². The lowest BCUT2D eigenvalue weighted by Crippen LogP contribution is -2.41. The summed E-state index contributed by atoms with van der Waals surface area (Å²) in [4.78, 5) is 6.31. The molecule has 2 aliphatic rings. The number of pyridine rings is 1. The molecular weight excluding hydrogens is 301 g/mol. The molecule has 0 amide bonds. The van der Waals surface area contributed by atoms with Gasteiger partial charge in [-0.15, -0.1) is 0 Å². The fourth-order valence-corrected chi connectivity index (χ4v) is 2.77. The molecule has 7 heteroatoms. The molecule has 0 bridgehead atoms. The number of alkyl halides is 2. The first-order valence-corrected chi connectivity index (χ1v) is 8.04. The molecule has 0 aliphatic carbocycles. The van der Waals surface area contributed by atoms with Gasteiger partial charge in [-0.3, -0.25) is 0 Å². The number of rotatable bonds is 2. The van der Waals surface area contributed by atoms with Crippen LogP contribution in [0.25, 0.3) is 0 Å². The summed E-state index contributed by atoms with van der Waals surface area (Å²) in [5.74, 6) is -1.82. The first-order valence-electron chi connectivity index (χ1n) is 8.04. The minimum Gasteiger partial charge on any atom is -0.399 e. The Labute approximate surface area is 136 Å². The second-order valence-corrected chi connectivity index (χ2v) is 7.38. The van der Waals surface area contributed by atoms with Gasteiger partial charge in [0.15, 0.2) is 0 Å². The van der Waals surface area contributed by atoms with E-state index in [-0.39, 0.29) is 12.8 Å². The van der Waals surface area contributed by atoms with Gasteiger partial charge in [0.25, 0.3) is 5.92 Å². The highest BCUT2D eigenvalue weighted by molar-refractivity contribution is 6.62. The predicted octanol–water partition coefficient (Wildman–Crippen LogP) is 2.62. The molecule has 0 radical (unpaired) electrons. The van der Waals surface area contributed by atoms with Crippen molar-refractivity contribution in [2.45, 2.75) is 57.7 Å². The van der Waals surface area contributed by atoms with Crippen LogP contribution in [0.2, 0.25) is 0 Å². The Kier molecular flexibility index (Phi) is 3.92. The van der Waals surface area contributed by atoms with Crippen molar-refractivity contribution in [3.05, 3.63) is 18.3 Å². The SMILES string of the molecule is CC1(C)OB(c2ccc(N3CCC(F)(F)CC3)nc2)OC1(C)C. The van der Waals surface area contributed by atoms with Crippen LogP contribution in [0.4, 0.5) is 14.6 Å². The minimum absolute atomic E-state index is 0.117. The number of anilines is 1. The van der Waals surface area contributed by atoms with Crippen LogP contribution in [0.15, 0.2) is 18.3 Å². The zero-order valence-electron chi connectivity index (χ0n) is 14.1. The summed E-state index contributed by atoms with van der Waals surface area (Å²) in [5, 5.41) is 0. The number of aromatic nitrogens is 1. The fraction of sp³-hybridized carbons (Fsp3) is 0.688. The summed E-state index contributed by atoms with van der Waals surface area (Å²) >= 11 is 0. The molecule has 4 nitrogen and oxygen atoms in total. The summed E-state index contributed by atoms with van der Waals surface area (Å²) < 4.78 is 38.4. The van der Waals surface area contributed by atoms with Crippen molar-refractivity contribution in [1.29, 1.82) is 0 Å². The maximum Gasteiger partial charge on any atom is 0.496 e. The van der Waals surface area contributed by atoms with Crippen molar-refractivity contribution < 1.29 is 18.1 Å². The normalized spacial score (nSPS) is 25.7. The molecular formula is C16H23BF2N2O2. The molecule has 126 valence electrons. The lowest BCUT2D eigenvalue weighted by molar-refractivity contribution is -0.0221. The zero-order valence-corrected chi connectivity index (χ0v) is 14.1. The Bertz CT molecular complexity index is 552. The van der Waals surface area contributed by atoms with E-state index in [1.54, 1.807) is 6.20 Å². The topological polar surface area (TPSA) is 34.6 Å². The Balaban J connectivity index is 1.69. The van der Waals surface area contributed by atoms with E-state index in [0.29, 0.717) is 13.1 Å². The smallest absolute Gasteiger partial charge is 0.399 e. The number of hydrogen-bond donors (Lipinski definition) is 0. The maximum absolute atomic E-state index is 13.2. The molecule has 0 saturated carbocycles. The fourth-order valence-electron chi connectivity index (χ4n) is 2.77. The standard InChI is InChI=1S/C16H23BF2N2O2/c1-14(2)15(3,4)23-17(22-14)12-5-6-13(20-11-12)21-9-7-16(18,19)8-10-21/h5-6,11H,7-10H2,1-4H3. The summed E-state index contributed by atoms with van der Waals surface area (Å²) in [7, 11) is -0.452. The molecule has 0 spiro atoms. The third kappa shape index (κ3) is 3.22. The monoisotopic (exact) mass is 324 g/mol. The molecule has 2 fully saturated rings. The van der Waals surface area contributed by atoms with Gasteiger partial charge < -0.3 is 14.2 Å². The van der Waals surface area contributed by atoms with E-state index in [1.165, 1.54) is 0 Å². The number of nitrogens with zero attached hydrogens (tertiary/aromatic N) is 2. The van der Waals surface area contributed by atoms with E-state index in [2.05, 4.69) is 4.98 Å². The molecule has 2 aliphatic heterocycles. The summed E-state index contributed by atoms with van der Waals surface area (Å²) in [5.41, 5.74) is 0.0542. The quantitative estimate of drug-likeness (QED) is 0.784. The third-order valence-electron chi connectivity index (χ3n) is 5.12. The van der Waals surface area contributed by atoms with Crippen molar-refractivity contribution in [2.24, 2.45) is 0 Å². The van der Waals surface area contributed by atoms with Gasteiger partial charge >= 0.3 is 7.12 Å². The van der Waals surface area contributed by atoms with E-state index in [0.717, 1.165) is 11.3 Å². The highest BCUT2D eigenvalue weighted by Crippen LogP contribution is 2.36. The molecule has 1 aromatic rings. The van der Waals surface area contributed by atoms with Crippen molar-refractivity contribution in [3.8, 4) is 0 Å². The van der Waals surface area contributed by atoms with Gasteiger partial charge in [0, 0.05) is 37.6 Å². The largest absolute Gasteiger partial charge is 0.496 e. The predicted molar refractivity (Wildman–Crippen MR) is 86.3 cm³/mol. The van der Waals surface area contributed by atoms with E-state index in [9.17, 15) is 8.78 Å². The van der Waals surface area contributed by atoms with Crippen molar-refractivity contribution >= 4 is 18.4 Å². The van der Waals surface area contributed by atoms with Crippen LogP contribution in [0.3, 0.4) is 0 Å².